The lowest BCUT2D eigenvalue weighted by Crippen LogP contribution is -1.97. The standard InChI is InChI=1S/C55H34N4S/c1-3-13-35(14-4-1)40-29-32-44-48(33-40)56-53(52-45-19-9-12-22-51(45)60-54(44)52)38-25-23-37(24-26-38)47-34-46(36-15-5-2-6-16-36)57-55(58-47)39-27-30-41(31-28-39)59-49-20-10-7-17-42(49)43-18-8-11-21-50(43)59/h1-34H. The third-order valence-corrected chi connectivity index (χ3v) is 12.8. The molecule has 0 saturated heterocycles. The van der Waals surface area contributed by atoms with Gasteiger partial charge in [0.05, 0.1) is 33.6 Å². The number of hydrogen-bond donors (Lipinski definition) is 0. The Kier molecular flexibility index (Phi) is 8.00. The molecule has 0 amide bonds. The van der Waals surface area contributed by atoms with Gasteiger partial charge in [0, 0.05) is 64.3 Å². The molecular weight excluding hydrogens is 749 g/mol. The van der Waals surface area contributed by atoms with Gasteiger partial charge >= 0.3 is 0 Å². The Morgan fingerprint density at radius 2 is 0.900 bits per heavy atom. The number of thiophene rings is 1. The Morgan fingerprint density at radius 3 is 1.58 bits per heavy atom. The maximum atomic E-state index is 5.43. The Hall–Kier alpha value is -7.73. The molecule has 0 spiro atoms. The molecule has 4 heterocycles. The van der Waals surface area contributed by atoms with Crippen LogP contribution in [-0.2, 0) is 0 Å². The lowest BCUT2D eigenvalue weighted by Gasteiger charge is -2.12. The summed E-state index contributed by atoms with van der Waals surface area (Å²) in [6, 6.07) is 73.0. The van der Waals surface area contributed by atoms with E-state index in [-0.39, 0.29) is 0 Å². The summed E-state index contributed by atoms with van der Waals surface area (Å²) in [5, 5.41) is 6.09. The van der Waals surface area contributed by atoms with Gasteiger partial charge in [-0.25, -0.2) is 15.0 Å². The van der Waals surface area contributed by atoms with Crippen LogP contribution < -0.4 is 0 Å². The fraction of sp³-hybridized carbons (Fsp3) is 0. The van der Waals surface area contributed by atoms with Crippen molar-refractivity contribution in [2.75, 3.05) is 0 Å². The molecule has 60 heavy (non-hydrogen) atoms. The van der Waals surface area contributed by atoms with Crippen molar-refractivity contribution < 1.29 is 0 Å². The summed E-state index contributed by atoms with van der Waals surface area (Å²) < 4.78 is 4.86. The summed E-state index contributed by atoms with van der Waals surface area (Å²) in [7, 11) is 0. The van der Waals surface area contributed by atoms with E-state index in [1.165, 1.54) is 52.9 Å². The summed E-state index contributed by atoms with van der Waals surface area (Å²) in [4.78, 5) is 15.8. The molecule has 8 aromatic carbocycles. The zero-order chi connectivity index (χ0) is 39.6. The Bertz CT molecular complexity index is 3520. The number of pyridine rings is 1. The van der Waals surface area contributed by atoms with Gasteiger partial charge in [0.15, 0.2) is 5.82 Å². The quantitative estimate of drug-likeness (QED) is 0.169. The number of rotatable bonds is 6. The third kappa shape index (κ3) is 5.70. The topological polar surface area (TPSA) is 43.6 Å². The van der Waals surface area contributed by atoms with Gasteiger partial charge in [-0.2, -0.15) is 0 Å². The average Bonchev–Trinajstić information content (AvgIpc) is 3.88. The Labute approximate surface area is 350 Å². The average molecular weight is 783 g/mol. The highest BCUT2D eigenvalue weighted by atomic mass is 32.1. The minimum Gasteiger partial charge on any atom is -0.309 e. The predicted octanol–water partition coefficient (Wildman–Crippen LogP) is 14.8. The second-order valence-electron chi connectivity index (χ2n) is 15.2. The first-order chi connectivity index (χ1) is 29.7. The molecule has 0 aliphatic rings. The van der Waals surface area contributed by atoms with Crippen LogP contribution >= 0.6 is 11.3 Å². The van der Waals surface area contributed by atoms with E-state index in [1.54, 1.807) is 0 Å². The molecule has 0 fully saturated rings. The molecule has 0 atom stereocenters. The second-order valence-corrected chi connectivity index (χ2v) is 16.2. The summed E-state index contributed by atoms with van der Waals surface area (Å²) in [6.45, 7) is 0. The van der Waals surface area contributed by atoms with Crippen molar-refractivity contribution in [3.05, 3.63) is 206 Å². The zero-order valence-electron chi connectivity index (χ0n) is 32.3. The van der Waals surface area contributed by atoms with Gasteiger partial charge in [-0.05, 0) is 65.7 Å². The number of nitrogens with zero attached hydrogens (tertiary/aromatic N) is 4. The van der Waals surface area contributed by atoms with Crippen LogP contribution in [0.4, 0.5) is 0 Å². The lowest BCUT2D eigenvalue weighted by molar-refractivity contribution is 1.16. The van der Waals surface area contributed by atoms with Crippen molar-refractivity contribution in [2.45, 2.75) is 0 Å². The summed E-state index contributed by atoms with van der Waals surface area (Å²) in [5.41, 5.74) is 13.6. The number of fused-ring (bicyclic) bond motifs is 8. The van der Waals surface area contributed by atoms with Gasteiger partial charge in [0.25, 0.3) is 0 Å². The van der Waals surface area contributed by atoms with Crippen LogP contribution in [0.25, 0.3) is 115 Å². The molecule has 0 N–H and O–H groups in total. The largest absolute Gasteiger partial charge is 0.309 e. The fourth-order valence-electron chi connectivity index (χ4n) is 8.72. The first kappa shape index (κ1) is 34.3. The summed E-state index contributed by atoms with van der Waals surface area (Å²) in [5.74, 6) is 0.682. The summed E-state index contributed by atoms with van der Waals surface area (Å²) >= 11 is 1.84. The van der Waals surface area contributed by atoms with Crippen molar-refractivity contribution >= 4 is 64.2 Å². The lowest BCUT2D eigenvalue weighted by atomic mass is 9.99. The summed E-state index contributed by atoms with van der Waals surface area (Å²) in [6.07, 6.45) is 0. The van der Waals surface area contributed by atoms with E-state index in [9.17, 15) is 0 Å². The van der Waals surface area contributed by atoms with Gasteiger partial charge in [-0.3, -0.25) is 0 Å². The molecule has 0 radical (unpaired) electrons. The second kappa shape index (κ2) is 14.0. The predicted molar refractivity (Wildman–Crippen MR) is 252 cm³/mol. The van der Waals surface area contributed by atoms with Crippen molar-refractivity contribution in [1.82, 2.24) is 19.5 Å². The van der Waals surface area contributed by atoms with Gasteiger partial charge in [-0.1, -0.05) is 152 Å². The van der Waals surface area contributed by atoms with Crippen LogP contribution in [0.2, 0.25) is 0 Å². The van der Waals surface area contributed by atoms with Gasteiger partial charge < -0.3 is 4.57 Å². The van der Waals surface area contributed by atoms with E-state index in [0.717, 1.165) is 56.1 Å². The van der Waals surface area contributed by atoms with Crippen LogP contribution in [0, 0.1) is 0 Å². The molecule has 0 saturated carbocycles. The molecule has 0 unspecified atom stereocenters. The van der Waals surface area contributed by atoms with Crippen LogP contribution in [0.1, 0.15) is 0 Å². The minimum atomic E-state index is 0.682. The van der Waals surface area contributed by atoms with E-state index in [1.807, 2.05) is 17.4 Å². The number of para-hydroxylation sites is 2. The van der Waals surface area contributed by atoms with Crippen molar-refractivity contribution in [1.29, 1.82) is 0 Å². The van der Waals surface area contributed by atoms with Crippen LogP contribution in [0.3, 0.4) is 0 Å². The number of hydrogen-bond acceptors (Lipinski definition) is 4. The van der Waals surface area contributed by atoms with Crippen molar-refractivity contribution in [3.8, 4) is 62.0 Å². The van der Waals surface area contributed by atoms with E-state index in [0.29, 0.717) is 5.82 Å². The molecule has 0 aliphatic carbocycles. The molecule has 0 aliphatic heterocycles. The number of aromatic nitrogens is 4. The maximum absolute atomic E-state index is 5.43. The number of benzene rings is 8. The molecule has 4 nitrogen and oxygen atoms in total. The monoisotopic (exact) mass is 782 g/mol. The maximum Gasteiger partial charge on any atom is 0.160 e. The molecule has 280 valence electrons. The normalized spacial score (nSPS) is 11.7. The smallest absolute Gasteiger partial charge is 0.160 e. The van der Waals surface area contributed by atoms with Crippen molar-refractivity contribution in [2.24, 2.45) is 0 Å². The molecule has 12 rings (SSSR count). The third-order valence-electron chi connectivity index (χ3n) is 11.6. The van der Waals surface area contributed by atoms with Crippen LogP contribution in [0.15, 0.2) is 206 Å². The van der Waals surface area contributed by atoms with Gasteiger partial charge in [-0.15, -0.1) is 11.3 Å². The van der Waals surface area contributed by atoms with E-state index in [2.05, 4.69) is 205 Å². The molecule has 4 aromatic heterocycles. The minimum absolute atomic E-state index is 0.682. The molecule has 5 heteroatoms. The highest BCUT2D eigenvalue weighted by Gasteiger charge is 2.18. The Balaban J connectivity index is 0.968. The highest BCUT2D eigenvalue weighted by Crippen LogP contribution is 2.44. The molecule has 0 bridgehead atoms. The van der Waals surface area contributed by atoms with E-state index < -0.39 is 0 Å². The molecular formula is C55H34N4S. The van der Waals surface area contributed by atoms with Crippen LogP contribution in [-0.4, -0.2) is 19.5 Å². The highest BCUT2D eigenvalue weighted by molar-refractivity contribution is 7.26. The van der Waals surface area contributed by atoms with E-state index >= 15 is 0 Å². The van der Waals surface area contributed by atoms with Gasteiger partial charge in [0.1, 0.15) is 0 Å². The van der Waals surface area contributed by atoms with E-state index in [4.69, 9.17) is 15.0 Å². The zero-order valence-corrected chi connectivity index (χ0v) is 33.1. The van der Waals surface area contributed by atoms with Crippen molar-refractivity contribution in [3.63, 3.8) is 0 Å². The fourth-order valence-corrected chi connectivity index (χ4v) is 9.96. The Morgan fingerprint density at radius 1 is 0.367 bits per heavy atom. The molecule has 12 aromatic rings. The first-order valence-corrected chi connectivity index (χ1v) is 21.0. The van der Waals surface area contributed by atoms with Crippen LogP contribution in [0.5, 0.6) is 0 Å². The van der Waals surface area contributed by atoms with Gasteiger partial charge in [0.2, 0.25) is 0 Å². The first-order valence-electron chi connectivity index (χ1n) is 20.2. The SMILES string of the molecule is c1ccc(-c2ccc3c(c2)nc(-c2ccc(-c4cc(-c5ccccc5)nc(-c5ccc(-n6c7ccccc7c7ccccc76)cc5)n4)cc2)c2c4ccccc4sc32)cc1.